The maximum absolute atomic E-state index is 10.8. The zero-order valence-corrected chi connectivity index (χ0v) is 12.6. The molecule has 0 bridgehead atoms. The molecule has 1 aromatic carbocycles. The molecule has 3 N–H and O–H groups in total. The Bertz CT molecular complexity index is 502. The number of nitrogens with two attached hydrogens (primary N) is 1. The summed E-state index contributed by atoms with van der Waals surface area (Å²) >= 11 is 12.5. The van der Waals surface area contributed by atoms with Crippen LogP contribution in [0.4, 0.5) is 5.69 Å². The van der Waals surface area contributed by atoms with Gasteiger partial charge < -0.3 is 15.7 Å². The summed E-state index contributed by atoms with van der Waals surface area (Å²) in [6, 6.07) is 2.58. The summed E-state index contributed by atoms with van der Waals surface area (Å²) in [4.78, 5) is 13.0. The van der Waals surface area contributed by atoms with Crippen LogP contribution in [0.1, 0.15) is 24.8 Å². The van der Waals surface area contributed by atoms with Crippen molar-refractivity contribution in [3.05, 3.63) is 27.7 Å². The van der Waals surface area contributed by atoms with Gasteiger partial charge in [0.15, 0.2) is 0 Å². The smallest absolute Gasteiger partial charge is 0.320 e. The SMILES string of the molecule is NC(Cc1cc(Cl)c(N2CCCCC2)cc1Cl)C(=O)O. The number of hydrogen-bond acceptors (Lipinski definition) is 3. The van der Waals surface area contributed by atoms with E-state index in [1.165, 1.54) is 6.42 Å². The van der Waals surface area contributed by atoms with E-state index in [0.29, 0.717) is 15.6 Å². The van der Waals surface area contributed by atoms with Gasteiger partial charge in [-0.25, -0.2) is 0 Å². The summed E-state index contributed by atoms with van der Waals surface area (Å²) in [6.07, 6.45) is 3.72. The number of piperidine rings is 1. The average Bonchev–Trinajstić information content (AvgIpc) is 2.43. The van der Waals surface area contributed by atoms with Crippen LogP contribution in [0.5, 0.6) is 0 Å². The zero-order chi connectivity index (χ0) is 14.7. The Morgan fingerprint density at radius 1 is 1.25 bits per heavy atom. The lowest BCUT2D eigenvalue weighted by Crippen LogP contribution is -2.32. The van der Waals surface area contributed by atoms with Gasteiger partial charge in [0.25, 0.3) is 0 Å². The average molecular weight is 317 g/mol. The van der Waals surface area contributed by atoms with E-state index in [4.69, 9.17) is 34.0 Å². The fraction of sp³-hybridized carbons (Fsp3) is 0.500. The Morgan fingerprint density at radius 3 is 2.50 bits per heavy atom. The number of carboxylic acid groups (broad SMARTS) is 1. The van der Waals surface area contributed by atoms with E-state index >= 15 is 0 Å². The number of carboxylic acids is 1. The second-order valence-corrected chi connectivity index (χ2v) is 5.91. The van der Waals surface area contributed by atoms with Gasteiger partial charge in [-0.3, -0.25) is 4.79 Å². The Balaban J connectivity index is 2.21. The fourth-order valence-electron chi connectivity index (χ4n) is 2.44. The Morgan fingerprint density at radius 2 is 1.90 bits per heavy atom. The summed E-state index contributed by atoms with van der Waals surface area (Å²) in [7, 11) is 0. The summed E-state index contributed by atoms with van der Waals surface area (Å²) in [5, 5.41) is 9.97. The molecule has 6 heteroatoms. The number of halogens is 2. The van der Waals surface area contributed by atoms with Crippen molar-refractivity contribution in [3.8, 4) is 0 Å². The first-order valence-corrected chi connectivity index (χ1v) is 7.46. The molecule has 0 amide bonds. The molecule has 1 atom stereocenters. The van der Waals surface area contributed by atoms with E-state index in [-0.39, 0.29) is 6.42 Å². The molecule has 20 heavy (non-hydrogen) atoms. The number of anilines is 1. The Labute approximate surface area is 128 Å². The number of hydrogen-bond donors (Lipinski definition) is 2. The standard InChI is InChI=1S/C14H18Cl2N2O2/c15-10-8-13(18-4-2-1-3-5-18)11(16)6-9(10)7-12(17)14(19)20/h6,8,12H,1-5,7,17H2,(H,19,20). The highest BCUT2D eigenvalue weighted by atomic mass is 35.5. The highest BCUT2D eigenvalue weighted by Crippen LogP contribution is 2.34. The fourth-order valence-corrected chi connectivity index (χ4v) is 2.98. The summed E-state index contributed by atoms with van der Waals surface area (Å²) < 4.78 is 0. The molecular formula is C14H18Cl2N2O2. The van der Waals surface area contributed by atoms with Gasteiger partial charge in [0.2, 0.25) is 0 Å². The molecule has 0 radical (unpaired) electrons. The van der Waals surface area contributed by atoms with E-state index in [2.05, 4.69) is 4.90 Å². The normalized spacial score (nSPS) is 17.1. The second-order valence-electron chi connectivity index (χ2n) is 5.09. The number of benzene rings is 1. The second kappa shape index (κ2) is 6.66. The summed E-state index contributed by atoms with van der Waals surface area (Å²) in [5.74, 6) is -1.04. The molecular weight excluding hydrogens is 299 g/mol. The van der Waals surface area contributed by atoms with Crippen LogP contribution in [0, 0.1) is 0 Å². The quantitative estimate of drug-likeness (QED) is 0.896. The van der Waals surface area contributed by atoms with Crippen LogP contribution in [0.25, 0.3) is 0 Å². The molecule has 1 aliphatic heterocycles. The van der Waals surface area contributed by atoms with Gasteiger partial charge in [-0.2, -0.15) is 0 Å². The van der Waals surface area contributed by atoms with Gasteiger partial charge in [-0.05, 0) is 43.4 Å². The number of carbonyl (C=O) groups is 1. The van der Waals surface area contributed by atoms with E-state index in [0.717, 1.165) is 31.6 Å². The third-order valence-corrected chi connectivity index (χ3v) is 4.22. The van der Waals surface area contributed by atoms with Crippen molar-refractivity contribution in [1.82, 2.24) is 0 Å². The minimum absolute atomic E-state index is 0.175. The first-order chi connectivity index (χ1) is 9.49. The van der Waals surface area contributed by atoms with Crippen LogP contribution in [-0.4, -0.2) is 30.2 Å². The lowest BCUT2D eigenvalue weighted by Gasteiger charge is -2.30. The van der Waals surface area contributed by atoms with Crippen molar-refractivity contribution in [1.29, 1.82) is 0 Å². The van der Waals surface area contributed by atoms with Crippen LogP contribution in [0.3, 0.4) is 0 Å². The third kappa shape index (κ3) is 3.57. The van der Waals surface area contributed by atoms with E-state index in [9.17, 15) is 4.79 Å². The van der Waals surface area contributed by atoms with Crippen LogP contribution >= 0.6 is 23.2 Å². The molecule has 0 saturated carbocycles. The van der Waals surface area contributed by atoms with E-state index < -0.39 is 12.0 Å². The molecule has 1 saturated heterocycles. The van der Waals surface area contributed by atoms with Crippen molar-refractivity contribution < 1.29 is 9.90 Å². The molecule has 1 heterocycles. The number of nitrogens with zero attached hydrogens (tertiary/aromatic N) is 1. The topological polar surface area (TPSA) is 66.6 Å². The summed E-state index contributed by atoms with van der Waals surface area (Å²) in [5.41, 5.74) is 7.13. The largest absolute Gasteiger partial charge is 0.480 e. The number of rotatable bonds is 4. The highest BCUT2D eigenvalue weighted by molar-refractivity contribution is 6.35. The van der Waals surface area contributed by atoms with Crippen molar-refractivity contribution in [2.24, 2.45) is 5.73 Å². The molecule has 110 valence electrons. The van der Waals surface area contributed by atoms with Gasteiger partial charge in [0.1, 0.15) is 6.04 Å². The predicted molar refractivity (Wildman–Crippen MR) is 81.8 cm³/mol. The van der Waals surface area contributed by atoms with E-state index in [1.54, 1.807) is 6.07 Å². The molecule has 0 aliphatic carbocycles. The van der Waals surface area contributed by atoms with Crippen molar-refractivity contribution in [2.75, 3.05) is 18.0 Å². The molecule has 1 aromatic rings. The van der Waals surface area contributed by atoms with E-state index in [1.807, 2.05) is 6.07 Å². The molecule has 4 nitrogen and oxygen atoms in total. The zero-order valence-electron chi connectivity index (χ0n) is 11.1. The van der Waals surface area contributed by atoms with Crippen LogP contribution in [0.15, 0.2) is 12.1 Å². The predicted octanol–water partition coefficient (Wildman–Crippen LogP) is 2.94. The lowest BCUT2D eigenvalue weighted by molar-refractivity contribution is -0.138. The van der Waals surface area contributed by atoms with Gasteiger partial charge in [0, 0.05) is 18.1 Å². The van der Waals surface area contributed by atoms with Crippen LogP contribution in [0.2, 0.25) is 10.0 Å². The van der Waals surface area contributed by atoms with Crippen molar-refractivity contribution in [3.63, 3.8) is 0 Å². The molecule has 1 aliphatic rings. The molecule has 1 unspecified atom stereocenters. The maximum atomic E-state index is 10.8. The lowest BCUT2D eigenvalue weighted by atomic mass is 10.0. The minimum atomic E-state index is -1.04. The van der Waals surface area contributed by atoms with Gasteiger partial charge in [-0.15, -0.1) is 0 Å². The van der Waals surface area contributed by atoms with Crippen LogP contribution < -0.4 is 10.6 Å². The minimum Gasteiger partial charge on any atom is -0.480 e. The Kier molecular flexibility index (Phi) is 5.13. The number of aliphatic carboxylic acids is 1. The molecule has 0 spiro atoms. The first-order valence-electron chi connectivity index (χ1n) is 6.70. The maximum Gasteiger partial charge on any atom is 0.320 e. The highest BCUT2D eigenvalue weighted by Gasteiger charge is 2.19. The molecule has 0 aromatic heterocycles. The van der Waals surface area contributed by atoms with Gasteiger partial charge in [0.05, 0.1) is 10.7 Å². The van der Waals surface area contributed by atoms with Gasteiger partial charge >= 0.3 is 5.97 Å². The molecule has 1 fully saturated rings. The van der Waals surface area contributed by atoms with Gasteiger partial charge in [-0.1, -0.05) is 23.2 Å². The van der Waals surface area contributed by atoms with Crippen LogP contribution in [-0.2, 0) is 11.2 Å². The monoisotopic (exact) mass is 316 g/mol. The third-order valence-electron chi connectivity index (χ3n) is 3.57. The Hall–Kier alpha value is -0.970. The molecule has 2 rings (SSSR count). The first kappa shape index (κ1) is 15.4. The van der Waals surface area contributed by atoms with Crippen molar-refractivity contribution in [2.45, 2.75) is 31.7 Å². The van der Waals surface area contributed by atoms with Crippen molar-refractivity contribution >= 4 is 34.9 Å². The summed E-state index contributed by atoms with van der Waals surface area (Å²) in [6.45, 7) is 1.95.